The molecule has 0 saturated heterocycles. The fourth-order valence-electron chi connectivity index (χ4n) is 0.656. The highest BCUT2D eigenvalue weighted by Gasteiger charge is 1.92. The van der Waals surface area contributed by atoms with Crippen LogP contribution in [0.1, 0.15) is 0 Å². The van der Waals surface area contributed by atoms with Crippen LogP contribution in [0, 0.1) is 0 Å². The van der Waals surface area contributed by atoms with Gasteiger partial charge in [-0.15, -0.1) is 0 Å². The van der Waals surface area contributed by atoms with Crippen molar-refractivity contribution in [3.8, 4) is 0 Å². The van der Waals surface area contributed by atoms with Crippen molar-refractivity contribution in [2.45, 2.75) is 0 Å². The molecule has 0 amide bonds. The normalized spacial score (nSPS) is 9.91. The first-order valence-corrected chi connectivity index (χ1v) is 11.7. The Morgan fingerprint density at radius 3 is 2.36 bits per heavy atom. The van der Waals surface area contributed by atoms with E-state index < -0.39 is 0 Å². The zero-order valence-corrected chi connectivity index (χ0v) is 10.9. The van der Waals surface area contributed by atoms with Gasteiger partial charge in [-0.2, -0.15) is 0 Å². The molecule has 0 nitrogen and oxygen atoms in total. The van der Waals surface area contributed by atoms with Crippen molar-refractivity contribution in [3.05, 3.63) is 30.3 Å². The van der Waals surface area contributed by atoms with Crippen molar-refractivity contribution in [2.75, 3.05) is 0 Å². The van der Waals surface area contributed by atoms with E-state index in [4.69, 9.17) is 0 Å². The summed E-state index contributed by atoms with van der Waals surface area (Å²) in [6.45, 7) is 0. The van der Waals surface area contributed by atoms with Gasteiger partial charge in [-0.3, -0.25) is 0 Å². The van der Waals surface area contributed by atoms with Gasteiger partial charge in [0.2, 0.25) is 0 Å². The van der Waals surface area contributed by atoms with E-state index in [0.717, 1.165) is 34.7 Å². The number of hydrogen-bond acceptors (Lipinski definition) is 0. The Hall–Kier alpha value is 0.304. The summed E-state index contributed by atoms with van der Waals surface area (Å²) in [5.41, 5.74) is 0. The van der Waals surface area contributed by atoms with Crippen LogP contribution in [0.4, 0.5) is 0 Å². The molecule has 49 valence electrons. The summed E-state index contributed by atoms with van der Waals surface area (Å²) >= 11 is 0. The molecule has 0 atom stereocenters. The molecule has 0 bridgehead atoms. The van der Waals surface area contributed by atoms with Crippen LogP contribution in [0.15, 0.2) is 30.3 Å². The van der Waals surface area contributed by atoms with E-state index in [2.05, 4.69) is 40.1 Å². The Morgan fingerprint density at radius 2 is 1.73 bits per heavy atom. The minimum Gasteiger partial charge on any atom is -0.0681 e. The lowest BCUT2D eigenvalue weighted by Gasteiger charge is -1.95. The monoisotopic (exact) mass is 217 g/mol. The highest BCUT2D eigenvalue weighted by Crippen LogP contribution is 1.79. The van der Waals surface area contributed by atoms with Crippen molar-refractivity contribution in [2.24, 2.45) is 0 Å². The van der Waals surface area contributed by atoms with Crippen LogP contribution in [0.2, 0.25) is 0 Å². The number of hydrogen-bond donors (Lipinski definition) is 0. The van der Waals surface area contributed by atoms with Crippen molar-refractivity contribution in [3.63, 3.8) is 0 Å². The first kappa shape index (κ1) is 9.39. The second-order valence-electron chi connectivity index (χ2n) is 1.87. The molecule has 0 fully saturated rings. The summed E-state index contributed by atoms with van der Waals surface area (Å²) in [5.74, 6) is 0. The van der Waals surface area contributed by atoms with Gasteiger partial charge in [-0.1, -0.05) is 35.5 Å². The summed E-state index contributed by atoms with van der Waals surface area (Å²) < 4.78 is 0. The van der Waals surface area contributed by atoms with Crippen LogP contribution in [0.5, 0.6) is 0 Å². The van der Waals surface area contributed by atoms with Gasteiger partial charge in [0.05, 0.1) is 9.04 Å². The van der Waals surface area contributed by atoms with E-state index in [1.165, 1.54) is 5.19 Å². The standard InChI is InChI=1S/C6H5Si5/c7-9-11-10-8-6-4-2-1-3-5-6/h1-5H. The highest BCUT2D eigenvalue weighted by atomic mass is 29.8. The zero-order valence-electron chi connectivity index (χ0n) is 5.89. The lowest BCUT2D eigenvalue weighted by Crippen LogP contribution is -2.27. The van der Waals surface area contributed by atoms with Crippen molar-refractivity contribution < 1.29 is 0 Å². The average molecular weight is 218 g/mol. The smallest absolute Gasteiger partial charge is 0.0604 e. The topological polar surface area (TPSA) is 0 Å². The zero-order chi connectivity index (χ0) is 7.94. The summed E-state index contributed by atoms with van der Waals surface area (Å²) in [6.07, 6.45) is 0. The van der Waals surface area contributed by atoms with Crippen LogP contribution in [-0.4, -0.2) is 44.5 Å². The molecule has 0 aliphatic heterocycles. The molecule has 0 aliphatic rings. The maximum Gasteiger partial charge on any atom is 0.0604 e. The highest BCUT2D eigenvalue weighted by molar-refractivity contribution is 7.52. The van der Waals surface area contributed by atoms with E-state index in [-0.39, 0.29) is 0 Å². The molecule has 11 heavy (non-hydrogen) atoms. The Morgan fingerprint density at radius 1 is 1.00 bits per heavy atom. The second kappa shape index (κ2) is 5.89. The molecule has 0 aromatic heterocycles. The molecule has 0 unspecified atom stereocenters. The quantitative estimate of drug-likeness (QED) is 0.446. The van der Waals surface area contributed by atoms with Gasteiger partial charge in [0.1, 0.15) is 0 Å². The molecule has 0 N–H and O–H groups in total. The Kier molecular flexibility index (Phi) is 5.03. The van der Waals surface area contributed by atoms with Gasteiger partial charge in [-0.05, 0) is 0 Å². The average Bonchev–Trinajstić information content (AvgIpc) is 2.07. The van der Waals surface area contributed by atoms with E-state index in [1.807, 2.05) is 0 Å². The van der Waals surface area contributed by atoms with Crippen LogP contribution in [-0.2, 0) is 0 Å². The molecule has 11 radical (unpaired) electrons. The van der Waals surface area contributed by atoms with Gasteiger partial charge in [-0.25, -0.2) is 0 Å². The summed E-state index contributed by atoms with van der Waals surface area (Å²) in [4.78, 5) is 0. The van der Waals surface area contributed by atoms with Crippen LogP contribution in [0.25, 0.3) is 0 Å². The van der Waals surface area contributed by atoms with Gasteiger partial charge >= 0.3 is 0 Å². The molecule has 0 heterocycles. The van der Waals surface area contributed by atoms with Crippen LogP contribution in [0.3, 0.4) is 0 Å². The first-order valence-electron chi connectivity index (χ1n) is 3.16. The second-order valence-corrected chi connectivity index (χ2v) is 13.2. The molecule has 0 spiro atoms. The molecular weight excluding hydrogens is 212 g/mol. The molecule has 5 heteroatoms. The predicted octanol–water partition coefficient (Wildman–Crippen LogP) is -1.04. The van der Waals surface area contributed by atoms with Crippen molar-refractivity contribution in [1.29, 1.82) is 0 Å². The largest absolute Gasteiger partial charge is 0.0681 e. The maximum atomic E-state index is 3.52. The van der Waals surface area contributed by atoms with E-state index in [9.17, 15) is 0 Å². The third-order valence-electron chi connectivity index (χ3n) is 1.11. The fraction of sp³-hybridized carbons (Fsp3) is 0. The molecule has 1 aromatic rings. The third-order valence-corrected chi connectivity index (χ3v) is 14.2. The van der Waals surface area contributed by atoms with Gasteiger partial charge in [0.25, 0.3) is 0 Å². The maximum absolute atomic E-state index is 3.52. The Bertz CT molecular complexity index is 187. The van der Waals surface area contributed by atoms with Gasteiger partial charge in [0.15, 0.2) is 0 Å². The van der Waals surface area contributed by atoms with Crippen molar-refractivity contribution in [1.82, 2.24) is 0 Å². The predicted molar refractivity (Wildman–Crippen MR) is 54.8 cm³/mol. The molecule has 0 aliphatic carbocycles. The van der Waals surface area contributed by atoms with E-state index in [0.29, 0.717) is 0 Å². The molecule has 0 saturated carbocycles. The summed E-state index contributed by atoms with van der Waals surface area (Å²) in [5, 5.41) is 1.50. The van der Waals surface area contributed by atoms with Gasteiger partial charge < -0.3 is 0 Å². The van der Waals surface area contributed by atoms with Gasteiger partial charge in [0, 0.05) is 35.4 Å². The first-order chi connectivity index (χ1) is 5.43. The van der Waals surface area contributed by atoms with E-state index >= 15 is 0 Å². The van der Waals surface area contributed by atoms with Crippen LogP contribution >= 0.6 is 0 Å². The molecule has 1 rings (SSSR count). The van der Waals surface area contributed by atoms with Crippen LogP contribution < -0.4 is 5.19 Å². The van der Waals surface area contributed by atoms with E-state index in [1.54, 1.807) is 0 Å². The Balaban J connectivity index is 2.28. The number of benzene rings is 1. The summed E-state index contributed by atoms with van der Waals surface area (Å²) in [6, 6.07) is 10.7. The molecular formula is C6H5Si5. The minimum absolute atomic E-state index is 0.962. The fourth-order valence-corrected chi connectivity index (χ4v) is 13.5. The third kappa shape index (κ3) is 4.01. The Labute approximate surface area is 80.1 Å². The van der Waals surface area contributed by atoms with Crippen molar-refractivity contribution >= 4 is 49.6 Å². The minimum atomic E-state index is 0.962. The summed E-state index contributed by atoms with van der Waals surface area (Å²) in [7, 11) is 7.76. The lowest BCUT2D eigenvalue weighted by molar-refractivity contribution is 1.77. The lowest BCUT2D eigenvalue weighted by atomic mass is 10.4. The number of rotatable bonds is 4. The molecule has 1 aromatic carbocycles. The SMILES string of the molecule is [Si][Si][Si][Si][Si]c1ccccc1.